The molecule has 0 saturated carbocycles. The molecule has 1 unspecified atom stereocenters. The van der Waals surface area contributed by atoms with Crippen LogP contribution in [0.4, 0.5) is 11.4 Å². The first kappa shape index (κ1) is 14.2. The van der Waals surface area contributed by atoms with Gasteiger partial charge in [-0.05, 0) is 24.3 Å². The van der Waals surface area contributed by atoms with Crippen molar-refractivity contribution in [2.45, 2.75) is 12.2 Å². The lowest BCUT2D eigenvalue weighted by Crippen LogP contribution is -2.44. The predicted octanol–water partition coefficient (Wildman–Crippen LogP) is 1.67. The summed E-state index contributed by atoms with van der Waals surface area (Å²) in [5.74, 6) is 1.24. The van der Waals surface area contributed by atoms with Gasteiger partial charge in [0.2, 0.25) is 5.91 Å². The van der Waals surface area contributed by atoms with Crippen LogP contribution in [0.3, 0.4) is 0 Å². The van der Waals surface area contributed by atoms with Crippen LogP contribution in [0, 0.1) is 0 Å². The molecule has 1 heterocycles. The molecule has 1 aromatic rings. The lowest BCUT2D eigenvalue weighted by Gasteiger charge is -2.31. The number of benzene rings is 1. The van der Waals surface area contributed by atoms with E-state index in [0.29, 0.717) is 17.5 Å². The molecule has 0 spiro atoms. The molecule has 4 nitrogen and oxygen atoms in total. The van der Waals surface area contributed by atoms with E-state index in [4.69, 9.17) is 5.73 Å². The fourth-order valence-corrected chi connectivity index (χ4v) is 3.26. The molecule has 0 radical (unpaired) electrons. The van der Waals surface area contributed by atoms with Crippen molar-refractivity contribution in [3.05, 3.63) is 24.3 Å². The molecule has 2 N–H and O–H groups in total. The van der Waals surface area contributed by atoms with Gasteiger partial charge in [0.05, 0.1) is 6.54 Å². The van der Waals surface area contributed by atoms with Gasteiger partial charge in [0.25, 0.3) is 0 Å². The Morgan fingerprint density at radius 1 is 1.47 bits per heavy atom. The zero-order valence-corrected chi connectivity index (χ0v) is 12.3. The van der Waals surface area contributed by atoms with Crippen LogP contribution >= 0.6 is 11.8 Å². The molecule has 0 aliphatic carbocycles. The number of rotatable bonds is 3. The van der Waals surface area contributed by atoms with Crippen LogP contribution in [-0.2, 0) is 4.79 Å². The molecule has 1 atom stereocenters. The molecule has 2 rings (SSSR count). The third-order valence-corrected chi connectivity index (χ3v) is 4.47. The number of amides is 1. The summed E-state index contributed by atoms with van der Waals surface area (Å²) in [5, 5.41) is 0.614. The summed E-state index contributed by atoms with van der Waals surface area (Å²) in [6, 6.07) is 7.39. The van der Waals surface area contributed by atoms with Gasteiger partial charge in [-0.2, -0.15) is 11.8 Å². The Balaban J connectivity index is 1.93. The van der Waals surface area contributed by atoms with Crippen molar-refractivity contribution in [2.75, 3.05) is 43.1 Å². The predicted molar refractivity (Wildman–Crippen MR) is 82.6 cm³/mol. The fraction of sp³-hybridized carbons (Fsp3) is 0.500. The number of carbonyl (C=O) groups is 1. The molecule has 104 valence electrons. The first-order chi connectivity index (χ1) is 9.06. The quantitative estimate of drug-likeness (QED) is 0.855. The average Bonchev–Trinajstić information content (AvgIpc) is 2.39. The van der Waals surface area contributed by atoms with Crippen LogP contribution in [0.25, 0.3) is 0 Å². The highest BCUT2D eigenvalue weighted by molar-refractivity contribution is 7.99. The highest BCUT2D eigenvalue weighted by atomic mass is 32.2. The minimum absolute atomic E-state index is 0.129. The smallest absolute Gasteiger partial charge is 0.240 e. The zero-order chi connectivity index (χ0) is 13.8. The second kappa shape index (κ2) is 6.30. The molecule has 1 aromatic carbocycles. The van der Waals surface area contributed by atoms with E-state index in [1.54, 1.807) is 4.90 Å². The van der Waals surface area contributed by atoms with E-state index in [-0.39, 0.29) is 5.91 Å². The third-order valence-electron chi connectivity index (χ3n) is 3.34. The van der Waals surface area contributed by atoms with Crippen LogP contribution in [0.5, 0.6) is 0 Å². The Hall–Kier alpha value is -1.20. The van der Waals surface area contributed by atoms with E-state index < -0.39 is 0 Å². The first-order valence-corrected chi connectivity index (χ1v) is 7.57. The number of anilines is 2. The molecule has 1 aliphatic heterocycles. The standard InChI is InChI=1S/C14H21N3OS/c1-11-9-17(7-8-19-11)10-14(18)16(2)13-5-3-12(15)4-6-13/h3-6,11H,7-10,15H2,1-2H3. The SMILES string of the molecule is CC1CN(CC(=O)N(C)c2ccc(N)cc2)CCS1. The average molecular weight is 279 g/mol. The van der Waals surface area contributed by atoms with Gasteiger partial charge in [0.15, 0.2) is 0 Å². The van der Waals surface area contributed by atoms with Gasteiger partial charge in [-0.1, -0.05) is 6.92 Å². The minimum atomic E-state index is 0.129. The van der Waals surface area contributed by atoms with E-state index in [1.165, 1.54) is 0 Å². The maximum atomic E-state index is 12.2. The van der Waals surface area contributed by atoms with Crippen molar-refractivity contribution in [2.24, 2.45) is 0 Å². The number of hydrogen-bond acceptors (Lipinski definition) is 4. The number of hydrogen-bond donors (Lipinski definition) is 1. The van der Waals surface area contributed by atoms with E-state index in [2.05, 4.69) is 11.8 Å². The summed E-state index contributed by atoms with van der Waals surface area (Å²) in [5.41, 5.74) is 7.26. The van der Waals surface area contributed by atoms with Crippen LogP contribution in [0.15, 0.2) is 24.3 Å². The Kier molecular flexibility index (Phi) is 4.71. The first-order valence-electron chi connectivity index (χ1n) is 6.52. The molecule has 19 heavy (non-hydrogen) atoms. The van der Waals surface area contributed by atoms with E-state index >= 15 is 0 Å². The minimum Gasteiger partial charge on any atom is -0.399 e. The second-order valence-corrected chi connectivity index (χ2v) is 6.51. The van der Waals surface area contributed by atoms with Gasteiger partial charge in [0, 0.05) is 42.5 Å². The van der Waals surface area contributed by atoms with Crippen molar-refractivity contribution in [1.82, 2.24) is 4.90 Å². The fourth-order valence-electron chi connectivity index (χ4n) is 2.17. The summed E-state index contributed by atoms with van der Waals surface area (Å²) in [4.78, 5) is 16.2. The number of thioether (sulfide) groups is 1. The molecule has 1 aliphatic rings. The maximum Gasteiger partial charge on any atom is 0.240 e. The Morgan fingerprint density at radius 2 is 2.16 bits per heavy atom. The van der Waals surface area contributed by atoms with Crippen LogP contribution in [-0.4, -0.2) is 48.5 Å². The van der Waals surface area contributed by atoms with E-state index in [0.717, 1.165) is 24.5 Å². The summed E-state index contributed by atoms with van der Waals surface area (Å²) in [6.45, 7) is 4.69. The highest BCUT2D eigenvalue weighted by Crippen LogP contribution is 2.19. The van der Waals surface area contributed by atoms with E-state index in [1.807, 2.05) is 43.1 Å². The van der Waals surface area contributed by atoms with Gasteiger partial charge in [-0.25, -0.2) is 0 Å². The number of likely N-dealkylation sites (N-methyl/N-ethyl adjacent to an activating group) is 1. The van der Waals surface area contributed by atoms with Crippen molar-refractivity contribution < 1.29 is 4.79 Å². The summed E-state index contributed by atoms with van der Waals surface area (Å²) in [6.07, 6.45) is 0. The van der Waals surface area contributed by atoms with Crippen LogP contribution in [0.1, 0.15) is 6.92 Å². The molecule has 0 aromatic heterocycles. The lowest BCUT2D eigenvalue weighted by molar-refractivity contribution is -0.119. The summed E-state index contributed by atoms with van der Waals surface area (Å²) >= 11 is 1.97. The largest absolute Gasteiger partial charge is 0.399 e. The monoisotopic (exact) mass is 279 g/mol. The van der Waals surface area contributed by atoms with Crippen LogP contribution in [0.2, 0.25) is 0 Å². The molecular weight excluding hydrogens is 258 g/mol. The number of nitrogen functional groups attached to an aromatic ring is 1. The van der Waals surface area contributed by atoms with Crippen molar-refractivity contribution in [3.63, 3.8) is 0 Å². The molecular formula is C14H21N3OS. The molecule has 1 saturated heterocycles. The normalized spacial score (nSPS) is 20.2. The molecule has 1 amide bonds. The summed E-state index contributed by atoms with van der Waals surface area (Å²) < 4.78 is 0. The Bertz CT molecular complexity index is 435. The number of nitrogens with zero attached hydrogens (tertiary/aromatic N) is 2. The summed E-state index contributed by atoms with van der Waals surface area (Å²) in [7, 11) is 1.82. The van der Waals surface area contributed by atoms with Gasteiger partial charge in [0.1, 0.15) is 0 Å². The lowest BCUT2D eigenvalue weighted by atomic mass is 10.2. The maximum absolute atomic E-state index is 12.2. The van der Waals surface area contributed by atoms with Crippen molar-refractivity contribution in [3.8, 4) is 0 Å². The Labute approximate surface area is 118 Å². The zero-order valence-electron chi connectivity index (χ0n) is 11.5. The van der Waals surface area contributed by atoms with Gasteiger partial charge in [-0.15, -0.1) is 0 Å². The topological polar surface area (TPSA) is 49.6 Å². The molecule has 5 heteroatoms. The second-order valence-electron chi connectivity index (χ2n) is 4.96. The van der Waals surface area contributed by atoms with E-state index in [9.17, 15) is 4.79 Å². The van der Waals surface area contributed by atoms with Gasteiger partial charge >= 0.3 is 0 Å². The van der Waals surface area contributed by atoms with Crippen molar-refractivity contribution in [1.29, 1.82) is 0 Å². The highest BCUT2D eigenvalue weighted by Gasteiger charge is 2.20. The van der Waals surface area contributed by atoms with Crippen LogP contribution < -0.4 is 10.6 Å². The molecule has 0 bridgehead atoms. The third kappa shape index (κ3) is 3.88. The van der Waals surface area contributed by atoms with Gasteiger partial charge in [-0.3, -0.25) is 9.69 Å². The Morgan fingerprint density at radius 3 is 2.79 bits per heavy atom. The van der Waals surface area contributed by atoms with Gasteiger partial charge < -0.3 is 10.6 Å². The number of nitrogens with two attached hydrogens (primary N) is 1. The van der Waals surface area contributed by atoms with Crippen molar-refractivity contribution >= 4 is 29.0 Å². The number of carbonyl (C=O) groups excluding carboxylic acids is 1. The molecule has 1 fully saturated rings.